The van der Waals surface area contributed by atoms with Gasteiger partial charge in [-0.25, -0.2) is 0 Å². The van der Waals surface area contributed by atoms with Gasteiger partial charge in [0.25, 0.3) is 0 Å². The van der Waals surface area contributed by atoms with Gasteiger partial charge in [0.05, 0.1) is 23.9 Å². The van der Waals surface area contributed by atoms with Gasteiger partial charge in [0.2, 0.25) is 11.8 Å². The molecule has 0 aliphatic carbocycles. The van der Waals surface area contributed by atoms with Crippen LogP contribution in [-0.4, -0.2) is 38.9 Å². The van der Waals surface area contributed by atoms with Crippen molar-refractivity contribution in [2.75, 3.05) is 22.5 Å². The number of anilines is 2. The second-order valence-electron chi connectivity index (χ2n) is 6.29. The summed E-state index contributed by atoms with van der Waals surface area (Å²) in [5.74, 6) is -0.137. The van der Waals surface area contributed by atoms with Crippen LogP contribution in [0, 0.1) is 11.3 Å². The Kier molecular flexibility index (Phi) is 7.19. The normalized spacial score (nSPS) is 10.3. The highest BCUT2D eigenvalue weighted by atomic mass is 32.2. The zero-order valence-electron chi connectivity index (χ0n) is 16.4. The van der Waals surface area contributed by atoms with Gasteiger partial charge >= 0.3 is 0 Å². The lowest BCUT2D eigenvalue weighted by Gasteiger charge is -2.21. The van der Waals surface area contributed by atoms with Crippen molar-refractivity contribution in [1.82, 2.24) is 14.8 Å². The molecule has 3 rings (SSSR count). The number of rotatable bonds is 8. The Balaban J connectivity index is 1.74. The summed E-state index contributed by atoms with van der Waals surface area (Å²) in [6, 6.07) is 18.6. The maximum absolute atomic E-state index is 12.9. The monoisotopic (exact) mass is 420 g/mol. The van der Waals surface area contributed by atoms with Gasteiger partial charge < -0.3 is 10.2 Å². The molecule has 0 aliphatic heterocycles. The van der Waals surface area contributed by atoms with Gasteiger partial charge in [0.15, 0.2) is 5.16 Å². The van der Waals surface area contributed by atoms with E-state index in [1.165, 1.54) is 18.7 Å². The average Bonchev–Trinajstić information content (AvgIpc) is 3.22. The molecule has 0 radical (unpaired) electrons. The molecule has 0 saturated carbocycles. The van der Waals surface area contributed by atoms with E-state index in [-0.39, 0.29) is 24.0 Å². The minimum atomic E-state index is -0.158. The highest BCUT2D eigenvalue weighted by molar-refractivity contribution is 7.99. The van der Waals surface area contributed by atoms with Crippen molar-refractivity contribution in [3.8, 4) is 11.8 Å². The van der Waals surface area contributed by atoms with E-state index in [0.717, 1.165) is 11.4 Å². The minimum absolute atomic E-state index is 0.122. The molecular weight excluding hydrogens is 400 g/mol. The van der Waals surface area contributed by atoms with Crippen molar-refractivity contribution in [1.29, 1.82) is 5.26 Å². The molecule has 3 aromatic rings. The number of nitrogens with one attached hydrogen (secondary N) is 1. The van der Waals surface area contributed by atoms with E-state index in [4.69, 9.17) is 5.26 Å². The fourth-order valence-electron chi connectivity index (χ4n) is 2.81. The van der Waals surface area contributed by atoms with Crippen molar-refractivity contribution in [2.45, 2.75) is 18.5 Å². The maximum Gasteiger partial charge on any atom is 0.237 e. The van der Waals surface area contributed by atoms with Crippen LogP contribution in [0.1, 0.15) is 13.3 Å². The van der Waals surface area contributed by atoms with Crippen LogP contribution in [0.4, 0.5) is 11.4 Å². The summed E-state index contributed by atoms with van der Waals surface area (Å²) in [6.45, 7) is 1.77. The number of amides is 2. The molecule has 2 aromatic carbocycles. The third-order valence-electron chi connectivity index (χ3n) is 4.10. The van der Waals surface area contributed by atoms with Crippen LogP contribution in [-0.2, 0) is 9.59 Å². The Morgan fingerprint density at radius 3 is 2.73 bits per heavy atom. The number of benzene rings is 2. The molecule has 0 fully saturated rings. The van der Waals surface area contributed by atoms with Crippen molar-refractivity contribution < 1.29 is 9.59 Å². The van der Waals surface area contributed by atoms with Gasteiger partial charge in [-0.2, -0.15) is 5.26 Å². The van der Waals surface area contributed by atoms with Gasteiger partial charge in [-0.3, -0.25) is 14.2 Å². The predicted octanol–water partition coefficient (Wildman–Crippen LogP) is 3.26. The van der Waals surface area contributed by atoms with E-state index in [9.17, 15) is 9.59 Å². The van der Waals surface area contributed by atoms with Crippen LogP contribution in [0.5, 0.6) is 0 Å². The highest BCUT2D eigenvalue weighted by Gasteiger charge is 2.17. The van der Waals surface area contributed by atoms with Gasteiger partial charge in [0, 0.05) is 24.8 Å². The lowest BCUT2D eigenvalue weighted by Crippen LogP contribution is -2.33. The van der Waals surface area contributed by atoms with E-state index in [1.807, 2.05) is 42.5 Å². The van der Waals surface area contributed by atoms with Crippen LogP contribution >= 0.6 is 11.8 Å². The standard InChI is InChI=1S/C21H20N6O2S/c1-16(28)24-17-7-5-10-19(13-17)27-15-23-25-21(27)30-14-20(29)26(12-6-11-22)18-8-3-2-4-9-18/h2-5,7-10,13,15H,6,12,14H2,1H3,(H,24,28). The highest BCUT2D eigenvalue weighted by Crippen LogP contribution is 2.23. The van der Waals surface area contributed by atoms with Gasteiger partial charge in [-0.05, 0) is 30.3 Å². The Morgan fingerprint density at radius 1 is 1.20 bits per heavy atom. The molecule has 2 amide bonds. The molecule has 0 aliphatic rings. The van der Waals surface area contributed by atoms with Crippen molar-refractivity contribution in [2.24, 2.45) is 0 Å². The molecule has 1 aromatic heterocycles. The Bertz CT molecular complexity index is 1060. The Morgan fingerprint density at radius 2 is 2.00 bits per heavy atom. The van der Waals surface area contributed by atoms with Crippen LogP contribution < -0.4 is 10.2 Å². The molecule has 152 valence electrons. The predicted molar refractivity (Wildman–Crippen MR) is 115 cm³/mol. The molecule has 0 bridgehead atoms. The van der Waals surface area contributed by atoms with E-state index >= 15 is 0 Å². The molecule has 9 heteroatoms. The number of hydrogen-bond acceptors (Lipinski definition) is 6. The second-order valence-corrected chi connectivity index (χ2v) is 7.24. The lowest BCUT2D eigenvalue weighted by molar-refractivity contribution is -0.116. The minimum Gasteiger partial charge on any atom is -0.326 e. The molecule has 0 spiro atoms. The van der Waals surface area contributed by atoms with E-state index in [0.29, 0.717) is 17.4 Å². The number of hydrogen-bond donors (Lipinski definition) is 1. The fourth-order valence-corrected chi connectivity index (χ4v) is 3.61. The van der Waals surface area contributed by atoms with Crippen molar-refractivity contribution >= 4 is 35.0 Å². The first kappa shape index (κ1) is 21.1. The first-order valence-electron chi connectivity index (χ1n) is 9.21. The fraction of sp³-hybridized carbons (Fsp3) is 0.190. The number of nitrogens with zero attached hydrogens (tertiary/aromatic N) is 5. The summed E-state index contributed by atoms with van der Waals surface area (Å²) < 4.78 is 1.76. The van der Waals surface area contributed by atoms with E-state index in [2.05, 4.69) is 21.6 Å². The molecule has 30 heavy (non-hydrogen) atoms. The largest absolute Gasteiger partial charge is 0.326 e. The summed E-state index contributed by atoms with van der Waals surface area (Å²) in [7, 11) is 0. The quantitative estimate of drug-likeness (QED) is 0.561. The zero-order chi connectivity index (χ0) is 21.3. The van der Waals surface area contributed by atoms with Crippen molar-refractivity contribution in [3.63, 3.8) is 0 Å². The number of thioether (sulfide) groups is 1. The molecular formula is C21H20N6O2S. The number of carbonyl (C=O) groups is 2. The maximum atomic E-state index is 12.9. The zero-order valence-corrected chi connectivity index (χ0v) is 17.2. The molecule has 0 saturated heterocycles. The summed E-state index contributed by atoms with van der Waals surface area (Å²) in [6.07, 6.45) is 1.81. The van der Waals surface area contributed by atoms with Crippen molar-refractivity contribution in [3.05, 3.63) is 60.9 Å². The van der Waals surface area contributed by atoms with Gasteiger partial charge in [-0.1, -0.05) is 36.0 Å². The van der Waals surface area contributed by atoms with Crippen LogP contribution in [0.15, 0.2) is 66.1 Å². The molecule has 1 N–H and O–H groups in total. The van der Waals surface area contributed by atoms with Crippen LogP contribution in [0.25, 0.3) is 5.69 Å². The number of carbonyl (C=O) groups excluding carboxylic acids is 2. The summed E-state index contributed by atoms with van der Waals surface area (Å²) in [5.41, 5.74) is 2.18. The van der Waals surface area contributed by atoms with Crippen LogP contribution in [0.3, 0.4) is 0 Å². The summed E-state index contributed by atoms with van der Waals surface area (Å²) in [4.78, 5) is 25.8. The average molecular weight is 420 g/mol. The molecule has 0 atom stereocenters. The van der Waals surface area contributed by atoms with Gasteiger partial charge in [-0.15, -0.1) is 10.2 Å². The Labute approximate surface area is 178 Å². The third-order valence-corrected chi connectivity index (χ3v) is 5.03. The number of para-hydroxylation sites is 1. The molecule has 1 heterocycles. The Hall–Kier alpha value is -3.64. The third kappa shape index (κ3) is 5.46. The first-order valence-corrected chi connectivity index (χ1v) is 10.2. The van der Waals surface area contributed by atoms with E-state index in [1.54, 1.807) is 27.9 Å². The lowest BCUT2D eigenvalue weighted by atomic mass is 10.2. The smallest absolute Gasteiger partial charge is 0.237 e. The SMILES string of the molecule is CC(=O)Nc1cccc(-n2cnnc2SCC(=O)N(CCC#N)c2ccccc2)c1. The van der Waals surface area contributed by atoms with E-state index < -0.39 is 0 Å². The molecule has 8 nitrogen and oxygen atoms in total. The van der Waals surface area contributed by atoms with Crippen LogP contribution in [0.2, 0.25) is 0 Å². The summed E-state index contributed by atoms with van der Waals surface area (Å²) in [5, 5.41) is 20.3. The number of nitriles is 1. The summed E-state index contributed by atoms with van der Waals surface area (Å²) >= 11 is 1.26. The molecule has 0 unspecified atom stereocenters. The second kappa shape index (κ2) is 10.2. The number of aromatic nitrogens is 3. The van der Waals surface area contributed by atoms with Gasteiger partial charge in [0.1, 0.15) is 6.33 Å². The first-order chi connectivity index (χ1) is 14.6. The topological polar surface area (TPSA) is 104 Å².